The third-order valence-electron chi connectivity index (χ3n) is 4.49. The summed E-state index contributed by atoms with van der Waals surface area (Å²) in [6.45, 7) is 1.93. The molecule has 0 aliphatic heterocycles. The minimum Gasteiger partial charge on any atom is -0.345 e. The number of fused-ring (bicyclic) bond motifs is 1. The number of carbonyl (C=O) groups is 1. The van der Waals surface area contributed by atoms with Gasteiger partial charge in [0.05, 0.1) is 22.9 Å². The Morgan fingerprint density at radius 2 is 1.85 bits per heavy atom. The SMILES string of the molecule is C[C@H](NC(=O)c1ccc(NS(C)(=O)=O)cc1Cl)c1ccc2c(c1)CCC2. The summed E-state index contributed by atoms with van der Waals surface area (Å²) in [5.74, 6) is -0.297. The summed E-state index contributed by atoms with van der Waals surface area (Å²) >= 11 is 6.16. The molecule has 0 aromatic heterocycles. The standard InChI is InChI=1S/C19H21ClN2O3S/c1-12(14-7-6-13-4-3-5-15(13)10-14)21-19(23)17-9-8-16(11-18(17)20)22-26(2,24)25/h6-12,22H,3-5H2,1-2H3,(H,21,23)/t12-/m0/s1. The second-order valence-electron chi connectivity index (χ2n) is 6.65. The van der Waals surface area contributed by atoms with Crippen molar-refractivity contribution in [2.24, 2.45) is 0 Å². The van der Waals surface area contributed by atoms with Gasteiger partial charge in [-0.1, -0.05) is 29.8 Å². The van der Waals surface area contributed by atoms with Crippen molar-refractivity contribution in [2.45, 2.75) is 32.2 Å². The number of hydrogen-bond acceptors (Lipinski definition) is 3. The molecule has 1 aliphatic rings. The van der Waals surface area contributed by atoms with E-state index in [1.807, 2.05) is 6.92 Å². The fourth-order valence-electron chi connectivity index (χ4n) is 3.20. The molecule has 1 atom stereocenters. The van der Waals surface area contributed by atoms with Gasteiger partial charge in [-0.2, -0.15) is 0 Å². The summed E-state index contributed by atoms with van der Waals surface area (Å²) in [4.78, 5) is 12.5. The number of halogens is 1. The number of rotatable bonds is 5. The Bertz CT molecular complexity index is 957. The van der Waals surface area contributed by atoms with Gasteiger partial charge in [-0.25, -0.2) is 8.42 Å². The highest BCUT2D eigenvalue weighted by Gasteiger charge is 2.17. The van der Waals surface area contributed by atoms with Crippen LogP contribution in [0.2, 0.25) is 5.02 Å². The summed E-state index contributed by atoms with van der Waals surface area (Å²) in [5.41, 5.74) is 4.44. The Labute approximate surface area is 158 Å². The predicted molar refractivity (Wildman–Crippen MR) is 104 cm³/mol. The molecule has 0 saturated carbocycles. The van der Waals surface area contributed by atoms with E-state index in [4.69, 9.17) is 11.6 Å². The molecule has 0 fully saturated rings. The van der Waals surface area contributed by atoms with E-state index < -0.39 is 10.0 Å². The Balaban J connectivity index is 1.73. The van der Waals surface area contributed by atoms with Crippen molar-refractivity contribution in [2.75, 3.05) is 11.0 Å². The van der Waals surface area contributed by atoms with Crippen LogP contribution in [0.5, 0.6) is 0 Å². The van der Waals surface area contributed by atoms with Crippen LogP contribution in [0, 0.1) is 0 Å². The topological polar surface area (TPSA) is 75.3 Å². The molecule has 1 aliphatic carbocycles. The zero-order chi connectivity index (χ0) is 18.9. The molecule has 0 heterocycles. The number of benzene rings is 2. The lowest BCUT2D eigenvalue weighted by Gasteiger charge is -2.16. The first kappa shape index (κ1) is 18.7. The fourth-order valence-corrected chi connectivity index (χ4v) is 4.02. The fraction of sp³-hybridized carbons (Fsp3) is 0.316. The van der Waals surface area contributed by atoms with Gasteiger partial charge in [0.1, 0.15) is 0 Å². The summed E-state index contributed by atoms with van der Waals surface area (Å²) in [6.07, 6.45) is 4.45. The Hall–Kier alpha value is -2.05. The van der Waals surface area contributed by atoms with E-state index in [1.165, 1.54) is 35.7 Å². The summed E-state index contributed by atoms with van der Waals surface area (Å²) in [5, 5.41) is 3.14. The largest absolute Gasteiger partial charge is 0.345 e. The highest BCUT2D eigenvalue weighted by atomic mass is 35.5. The van der Waals surface area contributed by atoms with Crippen LogP contribution in [-0.4, -0.2) is 20.6 Å². The van der Waals surface area contributed by atoms with Crippen LogP contribution >= 0.6 is 11.6 Å². The van der Waals surface area contributed by atoms with Crippen LogP contribution in [0.4, 0.5) is 5.69 Å². The maximum atomic E-state index is 12.5. The summed E-state index contributed by atoms with van der Waals surface area (Å²) in [6, 6.07) is 10.7. The first-order chi connectivity index (χ1) is 12.2. The molecule has 5 nitrogen and oxygen atoms in total. The minimum atomic E-state index is -3.40. The first-order valence-corrected chi connectivity index (χ1v) is 10.7. The summed E-state index contributed by atoms with van der Waals surface area (Å²) < 4.78 is 24.9. The number of hydrogen-bond donors (Lipinski definition) is 2. The van der Waals surface area contributed by atoms with Crippen molar-refractivity contribution < 1.29 is 13.2 Å². The van der Waals surface area contributed by atoms with Gasteiger partial charge in [0, 0.05) is 5.69 Å². The lowest BCUT2D eigenvalue weighted by atomic mass is 10.0. The molecule has 1 amide bonds. The lowest BCUT2D eigenvalue weighted by Crippen LogP contribution is -2.27. The smallest absolute Gasteiger partial charge is 0.253 e. The quantitative estimate of drug-likeness (QED) is 0.814. The van der Waals surface area contributed by atoms with Gasteiger partial charge < -0.3 is 5.32 Å². The van der Waals surface area contributed by atoms with Crippen molar-refractivity contribution in [3.63, 3.8) is 0 Å². The van der Waals surface area contributed by atoms with Gasteiger partial charge in [-0.15, -0.1) is 0 Å². The van der Waals surface area contributed by atoms with Crippen LogP contribution in [0.25, 0.3) is 0 Å². The van der Waals surface area contributed by atoms with Gasteiger partial charge in [0.25, 0.3) is 5.91 Å². The van der Waals surface area contributed by atoms with Crippen molar-refractivity contribution >= 4 is 33.2 Å². The number of sulfonamides is 1. The van der Waals surface area contributed by atoms with Gasteiger partial charge in [0.15, 0.2) is 0 Å². The van der Waals surface area contributed by atoms with Crippen LogP contribution in [-0.2, 0) is 22.9 Å². The molecule has 26 heavy (non-hydrogen) atoms. The van der Waals surface area contributed by atoms with E-state index >= 15 is 0 Å². The third kappa shape index (κ3) is 4.37. The molecule has 0 unspecified atom stereocenters. The highest BCUT2D eigenvalue weighted by molar-refractivity contribution is 7.92. The number of amides is 1. The Kier molecular flexibility index (Phi) is 5.25. The molecule has 2 aromatic carbocycles. The molecular weight excluding hydrogens is 372 g/mol. The molecule has 0 radical (unpaired) electrons. The van der Waals surface area contributed by atoms with Crippen molar-refractivity contribution in [1.29, 1.82) is 0 Å². The van der Waals surface area contributed by atoms with Crippen LogP contribution in [0.1, 0.15) is 46.4 Å². The van der Waals surface area contributed by atoms with Gasteiger partial charge >= 0.3 is 0 Å². The molecule has 7 heteroatoms. The van der Waals surface area contributed by atoms with Gasteiger partial charge in [-0.05, 0) is 61.1 Å². The molecule has 3 rings (SSSR count). The second kappa shape index (κ2) is 7.29. The highest BCUT2D eigenvalue weighted by Crippen LogP contribution is 2.26. The van der Waals surface area contributed by atoms with E-state index in [1.54, 1.807) is 0 Å². The average molecular weight is 393 g/mol. The zero-order valence-electron chi connectivity index (χ0n) is 14.7. The average Bonchev–Trinajstić information content (AvgIpc) is 3.00. The Morgan fingerprint density at radius 3 is 2.54 bits per heavy atom. The van der Waals surface area contributed by atoms with Gasteiger partial charge in [-0.3, -0.25) is 9.52 Å². The monoisotopic (exact) mass is 392 g/mol. The molecule has 0 saturated heterocycles. The second-order valence-corrected chi connectivity index (χ2v) is 8.80. The van der Waals surface area contributed by atoms with E-state index in [9.17, 15) is 13.2 Å². The molecule has 0 spiro atoms. The molecule has 0 bridgehead atoms. The maximum Gasteiger partial charge on any atom is 0.253 e. The van der Waals surface area contributed by atoms with Crippen molar-refractivity contribution in [1.82, 2.24) is 5.32 Å². The molecule has 2 N–H and O–H groups in total. The van der Waals surface area contributed by atoms with E-state index in [0.717, 1.165) is 24.7 Å². The number of aryl methyl sites for hydroxylation is 2. The molecular formula is C19H21ClN2O3S. The number of nitrogens with one attached hydrogen (secondary N) is 2. The minimum absolute atomic E-state index is 0.154. The van der Waals surface area contributed by atoms with E-state index in [0.29, 0.717) is 11.3 Å². The number of anilines is 1. The maximum absolute atomic E-state index is 12.5. The summed E-state index contributed by atoms with van der Waals surface area (Å²) in [7, 11) is -3.40. The Morgan fingerprint density at radius 1 is 1.12 bits per heavy atom. The molecule has 2 aromatic rings. The lowest BCUT2D eigenvalue weighted by molar-refractivity contribution is 0.0940. The van der Waals surface area contributed by atoms with Gasteiger partial charge in [0.2, 0.25) is 10.0 Å². The molecule has 138 valence electrons. The van der Waals surface area contributed by atoms with E-state index in [2.05, 4.69) is 28.2 Å². The third-order valence-corrected chi connectivity index (χ3v) is 5.41. The normalized spacial score (nSPS) is 14.6. The van der Waals surface area contributed by atoms with Crippen LogP contribution in [0.15, 0.2) is 36.4 Å². The van der Waals surface area contributed by atoms with Crippen molar-refractivity contribution in [3.05, 3.63) is 63.7 Å². The van der Waals surface area contributed by atoms with Crippen LogP contribution in [0.3, 0.4) is 0 Å². The zero-order valence-corrected chi connectivity index (χ0v) is 16.2. The first-order valence-electron chi connectivity index (χ1n) is 8.43. The predicted octanol–water partition coefficient (Wildman–Crippen LogP) is 3.69. The van der Waals surface area contributed by atoms with Crippen LogP contribution < -0.4 is 10.0 Å². The number of carbonyl (C=O) groups excluding carboxylic acids is 1. The van der Waals surface area contributed by atoms with Crippen molar-refractivity contribution in [3.8, 4) is 0 Å². The van der Waals surface area contributed by atoms with E-state index in [-0.39, 0.29) is 17.0 Å².